The third kappa shape index (κ3) is 5.21. The number of phenolic OH excluding ortho intramolecular Hbond substituents is 1. The topological polar surface area (TPSA) is 70.9 Å². The lowest BCUT2D eigenvalue weighted by Gasteiger charge is -2.13. The van der Waals surface area contributed by atoms with Gasteiger partial charge in [0.15, 0.2) is 0 Å². The van der Waals surface area contributed by atoms with Crippen molar-refractivity contribution >= 4 is 68.1 Å². The van der Waals surface area contributed by atoms with Crippen LogP contribution in [0.15, 0.2) is 84.0 Å². The number of hydrazone groups is 1. The third-order valence-corrected chi connectivity index (χ3v) is 6.40. The zero-order valence-corrected chi connectivity index (χ0v) is 21.1. The fourth-order valence-corrected chi connectivity index (χ4v) is 5.38. The van der Waals surface area contributed by atoms with Gasteiger partial charge < -0.3 is 9.84 Å². The van der Waals surface area contributed by atoms with Crippen molar-refractivity contribution in [3.8, 4) is 11.5 Å². The second-order valence-corrected chi connectivity index (χ2v) is 9.28. The number of hydrogen-bond donors (Lipinski definition) is 2. The zero-order chi connectivity index (χ0) is 22.5. The lowest BCUT2D eigenvalue weighted by atomic mass is 10.1. The fraction of sp³-hybridized carbons (Fsp3) is 0.0400. The summed E-state index contributed by atoms with van der Waals surface area (Å²) >= 11 is 4.48. The molecule has 0 aliphatic carbocycles. The van der Waals surface area contributed by atoms with Gasteiger partial charge >= 0.3 is 0 Å². The highest BCUT2D eigenvalue weighted by Crippen LogP contribution is 2.30. The van der Waals surface area contributed by atoms with Crippen LogP contribution in [0.2, 0.25) is 0 Å². The first kappa shape index (κ1) is 22.5. The Labute approximate surface area is 212 Å². The first-order valence-electron chi connectivity index (χ1n) is 9.73. The number of para-hydroxylation sites is 1. The van der Waals surface area contributed by atoms with Crippen LogP contribution < -0.4 is 10.2 Å². The number of nitrogens with one attached hydrogen (secondary N) is 1. The number of phenols is 1. The number of ether oxygens (including phenoxy) is 1. The highest BCUT2D eigenvalue weighted by molar-refractivity contribution is 14.1. The molecule has 0 saturated carbocycles. The minimum atomic E-state index is -0.473. The van der Waals surface area contributed by atoms with Gasteiger partial charge in [-0.15, -0.1) is 0 Å². The van der Waals surface area contributed by atoms with Gasteiger partial charge in [-0.05, 0) is 91.3 Å². The van der Waals surface area contributed by atoms with E-state index in [0.29, 0.717) is 6.61 Å². The van der Waals surface area contributed by atoms with Crippen molar-refractivity contribution in [2.24, 2.45) is 5.10 Å². The van der Waals surface area contributed by atoms with Crippen LogP contribution in [-0.2, 0) is 6.61 Å². The molecule has 5 nitrogen and oxygen atoms in total. The minimum Gasteiger partial charge on any atom is -0.507 e. The maximum absolute atomic E-state index is 12.1. The molecule has 0 radical (unpaired) electrons. The predicted molar refractivity (Wildman–Crippen MR) is 143 cm³/mol. The molecule has 32 heavy (non-hydrogen) atoms. The number of halogens is 2. The Hall–Kier alpha value is -2.66. The summed E-state index contributed by atoms with van der Waals surface area (Å²) in [4.78, 5) is 12.1. The summed E-state index contributed by atoms with van der Waals surface area (Å²) in [6.07, 6.45) is 1.57. The summed E-state index contributed by atoms with van der Waals surface area (Å²) in [5.41, 5.74) is 4.57. The van der Waals surface area contributed by atoms with Gasteiger partial charge in [0.2, 0.25) is 0 Å². The Balaban J connectivity index is 1.45. The van der Waals surface area contributed by atoms with Crippen molar-refractivity contribution in [2.45, 2.75) is 6.61 Å². The number of nitrogens with zero attached hydrogens (tertiary/aromatic N) is 1. The smallest absolute Gasteiger partial charge is 0.275 e. The van der Waals surface area contributed by atoms with Crippen molar-refractivity contribution in [1.82, 2.24) is 5.43 Å². The molecule has 4 aromatic rings. The molecule has 0 atom stereocenters. The molecule has 0 heterocycles. The van der Waals surface area contributed by atoms with Gasteiger partial charge in [-0.1, -0.05) is 54.6 Å². The predicted octanol–water partition coefficient (Wildman–Crippen LogP) is 6.10. The second kappa shape index (κ2) is 10.3. The lowest BCUT2D eigenvalue weighted by Crippen LogP contribution is -2.17. The molecular formula is C25H18I2N2O3. The van der Waals surface area contributed by atoms with E-state index in [9.17, 15) is 9.90 Å². The number of amides is 1. The molecule has 0 saturated heterocycles. The van der Waals surface area contributed by atoms with Crippen LogP contribution in [0, 0.1) is 7.14 Å². The molecule has 0 aliphatic heterocycles. The summed E-state index contributed by atoms with van der Waals surface area (Å²) in [6, 6.07) is 24.7. The maximum Gasteiger partial charge on any atom is 0.275 e. The van der Waals surface area contributed by atoms with Crippen LogP contribution in [-0.4, -0.2) is 17.2 Å². The number of aromatic hydroxyl groups is 1. The summed E-state index contributed by atoms with van der Waals surface area (Å²) in [6.45, 7) is 0.470. The first-order valence-corrected chi connectivity index (χ1v) is 11.9. The van der Waals surface area contributed by atoms with E-state index in [4.69, 9.17) is 4.74 Å². The van der Waals surface area contributed by atoms with Crippen molar-refractivity contribution in [2.75, 3.05) is 0 Å². The summed E-state index contributed by atoms with van der Waals surface area (Å²) < 4.78 is 8.07. The van der Waals surface area contributed by atoms with Gasteiger partial charge in [-0.3, -0.25) is 4.79 Å². The third-order valence-electron chi connectivity index (χ3n) is 4.80. The van der Waals surface area contributed by atoms with E-state index in [1.54, 1.807) is 18.3 Å². The average molecular weight is 648 g/mol. The number of hydrogen-bond acceptors (Lipinski definition) is 4. The van der Waals surface area contributed by atoms with E-state index in [-0.39, 0.29) is 11.3 Å². The van der Waals surface area contributed by atoms with E-state index in [1.165, 1.54) is 22.9 Å². The Bertz CT molecular complexity index is 1290. The molecule has 2 N–H and O–H groups in total. The summed E-state index contributed by atoms with van der Waals surface area (Å²) in [5.74, 6) is 0.255. The van der Waals surface area contributed by atoms with Crippen molar-refractivity contribution in [3.63, 3.8) is 0 Å². The van der Waals surface area contributed by atoms with E-state index < -0.39 is 5.91 Å². The van der Waals surface area contributed by atoms with Gasteiger partial charge in [-0.25, -0.2) is 5.43 Å². The molecule has 0 aromatic heterocycles. The highest BCUT2D eigenvalue weighted by Gasteiger charge is 2.11. The molecule has 4 aromatic carbocycles. The molecule has 0 bridgehead atoms. The van der Waals surface area contributed by atoms with Crippen LogP contribution >= 0.6 is 45.2 Å². The van der Waals surface area contributed by atoms with E-state index >= 15 is 0 Å². The molecule has 7 heteroatoms. The molecular weight excluding hydrogens is 630 g/mol. The Kier molecular flexibility index (Phi) is 7.26. The fourth-order valence-electron chi connectivity index (χ4n) is 3.25. The average Bonchev–Trinajstić information content (AvgIpc) is 2.79. The van der Waals surface area contributed by atoms with Crippen LogP contribution in [0.25, 0.3) is 10.8 Å². The zero-order valence-electron chi connectivity index (χ0n) is 16.8. The number of rotatable bonds is 6. The normalized spacial score (nSPS) is 11.1. The minimum absolute atomic E-state index is 0.0861. The number of carbonyl (C=O) groups is 1. The summed E-state index contributed by atoms with van der Waals surface area (Å²) in [7, 11) is 0. The first-order chi connectivity index (χ1) is 15.5. The molecule has 0 unspecified atom stereocenters. The van der Waals surface area contributed by atoms with E-state index in [0.717, 1.165) is 24.0 Å². The Morgan fingerprint density at radius 2 is 1.66 bits per heavy atom. The highest BCUT2D eigenvalue weighted by atomic mass is 127. The standard InChI is InChI=1S/C25H18I2N2O3/c26-21-12-16(14-28-29-25(31)20-10-3-4-11-23(20)30)13-22(27)24(21)32-15-18-8-5-7-17-6-1-2-9-19(17)18/h1-14,30H,15H2,(H,29,31)/b28-14+. The molecule has 0 spiro atoms. The van der Waals surface area contributed by atoms with Gasteiger partial charge in [0, 0.05) is 0 Å². The number of carbonyl (C=O) groups excluding carboxylic acids is 1. The van der Waals surface area contributed by atoms with E-state index in [2.05, 4.69) is 80.0 Å². The Morgan fingerprint density at radius 1 is 0.969 bits per heavy atom. The summed E-state index contributed by atoms with van der Waals surface area (Å²) in [5, 5.41) is 16.2. The van der Waals surface area contributed by atoms with Gasteiger partial charge in [-0.2, -0.15) is 5.10 Å². The van der Waals surface area contributed by atoms with Crippen molar-refractivity contribution in [1.29, 1.82) is 0 Å². The SMILES string of the molecule is O=C(N/N=C/c1cc(I)c(OCc2cccc3ccccc23)c(I)c1)c1ccccc1O. The van der Waals surface area contributed by atoms with Gasteiger partial charge in [0.1, 0.15) is 18.1 Å². The largest absolute Gasteiger partial charge is 0.507 e. The molecule has 1 amide bonds. The van der Waals surface area contributed by atoms with Gasteiger partial charge in [0.05, 0.1) is 18.9 Å². The quantitative estimate of drug-likeness (QED) is 0.151. The second-order valence-electron chi connectivity index (χ2n) is 6.96. The van der Waals surface area contributed by atoms with E-state index in [1.807, 2.05) is 30.3 Å². The molecule has 4 rings (SSSR count). The monoisotopic (exact) mass is 648 g/mol. The van der Waals surface area contributed by atoms with Crippen LogP contribution in [0.5, 0.6) is 11.5 Å². The number of fused-ring (bicyclic) bond motifs is 1. The molecule has 0 aliphatic rings. The molecule has 0 fully saturated rings. The van der Waals surface area contributed by atoms with Crippen molar-refractivity contribution < 1.29 is 14.6 Å². The van der Waals surface area contributed by atoms with Crippen LogP contribution in [0.4, 0.5) is 0 Å². The lowest BCUT2D eigenvalue weighted by molar-refractivity contribution is 0.0952. The maximum atomic E-state index is 12.1. The van der Waals surface area contributed by atoms with Gasteiger partial charge in [0.25, 0.3) is 5.91 Å². The Morgan fingerprint density at radius 3 is 2.44 bits per heavy atom. The van der Waals surface area contributed by atoms with Crippen LogP contribution in [0.3, 0.4) is 0 Å². The van der Waals surface area contributed by atoms with Crippen molar-refractivity contribution in [3.05, 3.63) is 103 Å². The molecule has 160 valence electrons. The van der Waals surface area contributed by atoms with Crippen LogP contribution in [0.1, 0.15) is 21.5 Å². The number of benzene rings is 4.